The van der Waals surface area contributed by atoms with Crippen molar-refractivity contribution in [1.82, 2.24) is 5.32 Å². The van der Waals surface area contributed by atoms with Gasteiger partial charge in [0.25, 0.3) is 0 Å². The van der Waals surface area contributed by atoms with E-state index < -0.39 is 11.8 Å². The molecular weight excluding hydrogens is 288 g/mol. The Bertz CT molecular complexity index is 534. The summed E-state index contributed by atoms with van der Waals surface area (Å²) in [5.74, 6) is -0.0198. The number of rotatable bonds is 6. The molecule has 2 amide bonds. The first-order valence-electron chi connectivity index (χ1n) is 8.76. The fourth-order valence-electron chi connectivity index (χ4n) is 3.27. The van der Waals surface area contributed by atoms with E-state index in [2.05, 4.69) is 24.5 Å². The molecule has 4 heteroatoms. The van der Waals surface area contributed by atoms with Gasteiger partial charge in [0.05, 0.1) is 0 Å². The van der Waals surface area contributed by atoms with Crippen molar-refractivity contribution >= 4 is 17.5 Å². The van der Waals surface area contributed by atoms with E-state index in [9.17, 15) is 9.59 Å². The molecule has 0 spiro atoms. The molecule has 1 fully saturated rings. The first-order valence-corrected chi connectivity index (χ1v) is 8.76. The highest BCUT2D eigenvalue weighted by atomic mass is 16.2. The number of amides is 2. The van der Waals surface area contributed by atoms with Crippen LogP contribution < -0.4 is 10.6 Å². The van der Waals surface area contributed by atoms with Crippen LogP contribution >= 0.6 is 0 Å². The zero-order chi connectivity index (χ0) is 16.7. The molecule has 2 rings (SSSR count). The Morgan fingerprint density at radius 1 is 1.13 bits per heavy atom. The lowest BCUT2D eigenvalue weighted by molar-refractivity contribution is -0.136. The van der Waals surface area contributed by atoms with Crippen molar-refractivity contribution in [1.29, 1.82) is 0 Å². The first-order chi connectivity index (χ1) is 11.1. The zero-order valence-electron chi connectivity index (χ0n) is 14.2. The minimum absolute atomic E-state index is 0.293. The van der Waals surface area contributed by atoms with Gasteiger partial charge in [0.15, 0.2) is 0 Å². The number of carbonyl (C=O) groups is 2. The summed E-state index contributed by atoms with van der Waals surface area (Å²) >= 11 is 0. The van der Waals surface area contributed by atoms with Gasteiger partial charge in [-0.1, -0.05) is 57.7 Å². The largest absolute Gasteiger partial charge is 0.348 e. The summed E-state index contributed by atoms with van der Waals surface area (Å²) in [7, 11) is 0. The molecule has 0 aromatic heterocycles. The van der Waals surface area contributed by atoms with Crippen LogP contribution in [0.25, 0.3) is 0 Å². The summed E-state index contributed by atoms with van der Waals surface area (Å²) in [5, 5.41) is 5.45. The van der Waals surface area contributed by atoms with Crippen molar-refractivity contribution in [2.75, 3.05) is 11.9 Å². The summed E-state index contributed by atoms with van der Waals surface area (Å²) in [5.41, 5.74) is 1.75. The lowest BCUT2D eigenvalue weighted by atomic mass is 10.0. The van der Waals surface area contributed by atoms with Crippen molar-refractivity contribution < 1.29 is 9.59 Å². The van der Waals surface area contributed by atoms with E-state index in [4.69, 9.17) is 0 Å². The first kappa shape index (κ1) is 17.5. The molecule has 0 saturated heterocycles. The van der Waals surface area contributed by atoms with E-state index in [0.29, 0.717) is 18.2 Å². The van der Waals surface area contributed by atoms with Gasteiger partial charge >= 0.3 is 11.8 Å². The molecule has 1 aromatic rings. The Kier molecular flexibility index (Phi) is 6.63. The van der Waals surface area contributed by atoms with Gasteiger partial charge in [-0.25, -0.2) is 0 Å². The van der Waals surface area contributed by atoms with Crippen LogP contribution in [-0.2, 0) is 9.59 Å². The maximum absolute atomic E-state index is 12.0. The van der Waals surface area contributed by atoms with Gasteiger partial charge in [0.1, 0.15) is 0 Å². The monoisotopic (exact) mass is 316 g/mol. The van der Waals surface area contributed by atoms with E-state index in [-0.39, 0.29) is 0 Å². The molecule has 23 heavy (non-hydrogen) atoms. The van der Waals surface area contributed by atoms with Crippen LogP contribution in [0.2, 0.25) is 0 Å². The van der Waals surface area contributed by atoms with Crippen molar-refractivity contribution in [2.24, 2.45) is 5.92 Å². The van der Waals surface area contributed by atoms with Crippen LogP contribution in [0.1, 0.15) is 63.9 Å². The normalized spacial score (nSPS) is 14.9. The summed E-state index contributed by atoms with van der Waals surface area (Å²) in [6.45, 7) is 4.71. The molecule has 2 N–H and O–H groups in total. The van der Waals surface area contributed by atoms with Gasteiger partial charge in [-0.05, 0) is 36.3 Å². The third-order valence-corrected chi connectivity index (χ3v) is 4.59. The molecule has 0 heterocycles. The number of para-hydroxylation sites is 1. The Hall–Kier alpha value is -1.84. The molecule has 1 aromatic carbocycles. The minimum atomic E-state index is -0.584. The second kappa shape index (κ2) is 8.70. The molecule has 0 radical (unpaired) electrons. The minimum Gasteiger partial charge on any atom is -0.348 e. The molecule has 4 nitrogen and oxygen atoms in total. The zero-order valence-corrected chi connectivity index (χ0v) is 14.2. The maximum atomic E-state index is 12.0. The third kappa shape index (κ3) is 5.38. The number of benzene rings is 1. The second-order valence-corrected chi connectivity index (χ2v) is 6.74. The molecule has 1 aliphatic rings. The van der Waals surface area contributed by atoms with E-state index in [0.717, 1.165) is 24.3 Å². The van der Waals surface area contributed by atoms with E-state index in [1.807, 2.05) is 24.3 Å². The standard InChI is InChI=1S/C19H28N2O2/c1-14(2)16-11-5-6-12-17(16)21-19(23)18(22)20-13-7-10-15-8-3-4-9-15/h5-6,11-12,14-15H,3-4,7-10,13H2,1-2H3,(H,20,22)(H,21,23). The second-order valence-electron chi connectivity index (χ2n) is 6.74. The van der Waals surface area contributed by atoms with Crippen LogP contribution in [-0.4, -0.2) is 18.4 Å². The predicted molar refractivity (Wildman–Crippen MR) is 93.4 cm³/mol. The van der Waals surface area contributed by atoms with Crippen molar-refractivity contribution in [3.8, 4) is 0 Å². The molecule has 0 atom stereocenters. The highest BCUT2D eigenvalue weighted by Gasteiger charge is 2.17. The van der Waals surface area contributed by atoms with Gasteiger partial charge in [0, 0.05) is 12.2 Å². The molecular formula is C19H28N2O2. The summed E-state index contributed by atoms with van der Waals surface area (Å²) in [6, 6.07) is 7.61. The topological polar surface area (TPSA) is 58.2 Å². The summed E-state index contributed by atoms with van der Waals surface area (Å²) in [6.07, 6.45) is 7.43. The van der Waals surface area contributed by atoms with E-state index >= 15 is 0 Å². The summed E-state index contributed by atoms with van der Waals surface area (Å²) in [4.78, 5) is 23.9. The quantitative estimate of drug-likeness (QED) is 0.619. The van der Waals surface area contributed by atoms with Gasteiger partial charge in [-0.2, -0.15) is 0 Å². The van der Waals surface area contributed by atoms with E-state index in [1.165, 1.54) is 25.7 Å². The highest BCUT2D eigenvalue weighted by molar-refractivity contribution is 6.39. The molecule has 0 unspecified atom stereocenters. The fraction of sp³-hybridized carbons (Fsp3) is 0.579. The molecule has 1 saturated carbocycles. The Balaban J connectivity index is 1.75. The average Bonchev–Trinajstić information content (AvgIpc) is 3.05. The number of carbonyl (C=O) groups excluding carboxylic acids is 2. The highest BCUT2D eigenvalue weighted by Crippen LogP contribution is 2.28. The number of anilines is 1. The Morgan fingerprint density at radius 2 is 1.83 bits per heavy atom. The lowest BCUT2D eigenvalue weighted by Crippen LogP contribution is -2.36. The maximum Gasteiger partial charge on any atom is 0.313 e. The van der Waals surface area contributed by atoms with Crippen LogP contribution in [0.15, 0.2) is 24.3 Å². The number of nitrogens with one attached hydrogen (secondary N) is 2. The van der Waals surface area contributed by atoms with Crippen molar-refractivity contribution in [3.63, 3.8) is 0 Å². The molecule has 0 aliphatic heterocycles. The van der Waals surface area contributed by atoms with Crippen LogP contribution in [0, 0.1) is 5.92 Å². The van der Waals surface area contributed by atoms with Gasteiger partial charge in [-0.15, -0.1) is 0 Å². The SMILES string of the molecule is CC(C)c1ccccc1NC(=O)C(=O)NCCCC1CCCC1. The molecule has 1 aliphatic carbocycles. The number of hydrogen-bond donors (Lipinski definition) is 2. The van der Waals surface area contributed by atoms with Gasteiger partial charge < -0.3 is 10.6 Å². The van der Waals surface area contributed by atoms with Crippen LogP contribution in [0.5, 0.6) is 0 Å². The average molecular weight is 316 g/mol. The molecule has 126 valence electrons. The predicted octanol–water partition coefficient (Wildman–Crippen LogP) is 3.84. The summed E-state index contributed by atoms with van der Waals surface area (Å²) < 4.78 is 0. The van der Waals surface area contributed by atoms with Crippen molar-refractivity contribution in [3.05, 3.63) is 29.8 Å². The van der Waals surface area contributed by atoms with Crippen LogP contribution in [0.3, 0.4) is 0 Å². The lowest BCUT2D eigenvalue weighted by Gasteiger charge is -2.13. The van der Waals surface area contributed by atoms with Gasteiger partial charge in [-0.3, -0.25) is 9.59 Å². The number of hydrogen-bond acceptors (Lipinski definition) is 2. The van der Waals surface area contributed by atoms with Gasteiger partial charge in [0.2, 0.25) is 0 Å². The fourth-order valence-corrected chi connectivity index (χ4v) is 3.27. The Labute approximate surface area is 139 Å². The third-order valence-electron chi connectivity index (χ3n) is 4.59. The van der Waals surface area contributed by atoms with Crippen molar-refractivity contribution in [2.45, 2.75) is 58.3 Å². The van der Waals surface area contributed by atoms with Crippen LogP contribution in [0.4, 0.5) is 5.69 Å². The smallest absolute Gasteiger partial charge is 0.313 e. The van der Waals surface area contributed by atoms with E-state index in [1.54, 1.807) is 0 Å². The Morgan fingerprint density at radius 3 is 2.52 bits per heavy atom. The molecule has 0 bridgehead atoms.